The Labute approximate surface area is 387 Å². The predicted molar refractivity (Wildman–Crippen MR) is 225 cm³/mol. The molecule has 0 aliphatic heterocycles. The Morgan fingerprint density at radius 2 is 0.838 bits per heavy atom. The molecular weight excluding hydrogens is 1080 g/mol. The Morgan fingerprint density at radius 1 is 0.500 bits per heavy atom. The first kappa shape index (κ1) is 54.1. The van der Waals surface area contributed by atoms with Crippen molar-refractivity contribution >= 4 is 35.1 Å². The Hall–Kier alpha value is -3.22. The molecule has 0 radical (unpaired) electrons. The number of hydrogen-bond acceptors (Lipinski definition) is 0. The van der Waals surface area contributed by atoms with Gasteiger partial charge in [0, 0.05) is 0 Å². The van der Waals surface area contributed by atoms with Crippen LogP contribution in [-0.4, -0.2) is 43.0 Å². The van der Waals surface area contributed by atoms with Crippen molar-refractivity contribution in [3.63, 3.8) is 0 Å². The zero-order chi connectivity index (χ0) is 51.4. The molecule has 0 saturated heterocycles. The summed E-state index contributed by atoms with van der Waals surface area (Å²) in [7, 11) is 16.8. The molecule has 0 amide bonds. The van der Waals surface area contributed by atoms with Crippen LogP contribution in [0.15, 0.2) is 96.1 Å². The van der Waals surface area contributed by atoms with Gasteiger partial charge in [0.15, 0.2) is 0 Å². The van der Waals surface area contributed by atoms with E-state index >= 15 is 0 Å². The van der Waals surface area contributed by atoms with Crippen molar-refractivity contribution < 1.29 is 94.6 Å². The molecule has 2 aliphatic carbocycles. The molecule has 0 spiro atoms. The summed E-state index contributed by atoms with van der Waals surface area (Å²) in [6.07, 6.45) is -36.6. The zero-order valence-corrected chi connectivity index (χ0v) is 41.1. The van der Waals surface area contributed by atoms with Crippen molar-refractivity contribution in [2.75, 3.05) is 0 Å². The Bertz CT molecular complexity index is 2540. The molecule has 3 unspecified atom stereocenters. The molecule has 3 atom stereocenters. The van der Waals surface area contributed by atoms with Crippen molar-refractivity contribution in [1.29, 1.82) is 0 Å². The molecule has 0 N–H and O–H groups in total. The summed E-state index contributed by atoms with van der Waals surface area (Å²) in [6, 6.07) is 13.0. The Morgan fingerprint density at radius 3 is 1.15 bits per heavy atom. The van der Waals surface area contributed by atoms with E-state index in [2.05, 4.69) is 0 Å². The van der Waals surface area contributed by atoms with Gasteiger partial charge in [-0.2, -0.15) is 0 Å². The fourth-order valence-corrected chi connectivity index (χ4v) is 41.7. The molecule has 68 heavy (non-hydrogen) atoms. The SMILES string of the molecule is CCC1=Cc2c(-c3ccc(C(C(F)(F)F)(C(F)(F)F)C(F)(F)F)cc3)cccc2[CH]1[Zr]([Cl])([Cl])([CH]1C(C(C)CC)=Cc2c(-c3ccc(C(C(F)(F)F)(C(F)(F)F)C(F)(F)F)cc3)cccc21)[SiH](C)C. The molecule has 6 rings (SSSR count). The Balaban J connectivity index is 1.54. The van der Waals surface area contributed by atoms with E-state index in [0.29, 0.717) is 40.7 Å². The fraction of sp³-hybridized carbons (Fsp3) is 0.391. The van der Waals surface area contributed by atoms with Gasteiger partial charge in [-0.25, -0.2) is 0 Å². The molecule has 22 heteroatoms. The van der Waals surface area contributed by atoms with E-state index in [-0.39, 0.29) is 52.4 Å². The van der Waals surface area contributed by atoms with Crippen LogP contribution in [0.1, 0.15) is 74.2 Å². The summed E-state index contributed by atoms with van der Waals surface area (Å²) < 4.78 is 251. The van der Waals surface area contributed by atoms with Crippen LogP contribution in [-0.2, 0) is 26.4 Å². The fourth-order valence-electron chi connectivity index (χ4n) is 10.2. The number of halogens is 20. The minimum absolute atomic E-state index is 0.0267. The number of fused-ring (bicyclic) bond motifs is 2. The van der Waals surface area contributed by atoms with Crippen molar-refractivity contribution in [2.24, 2.45) is 5.92 Å². The van der Waals surface area contributed by atoms with Gasteiger partial charge in [0.25, 0.3) is 0 Å². The normalized spacial score (nSPS) is 18.8. The van der Waals surface area contributed by atoms with E-state index in [0.717, 1.165) is 29.8 Å². The molecule has 0 bridgehead atoms. The predicted octanol–water partition coefficient (Wildman–Crippen LogP) is 17.9. The Kier molecular flexibility index (Phi) is 13.7. The van der Waals surface area contributed by atoms with Gasteiger partial charge in [-0.1, -0.05) is 0 Å². The molecule has 0 fully saturated rings. The van der Waals surface area contributed by atoms with Crippen molar-refractivity contribution in [2.45, 2.75) is 102 Å². The summed E-state index contributed by atoms with van der Waals surface area (Å²) in [4.78, 5) is 0. The third-order valence-corrected chi connectivity index (χ3v) is 65.6. The minimum atomic E-state index is -6.83. The first-order chi connectivity index (χ1) is 30.9. The second-order valence-electron chi connectivity index (χ2n) is 17.5. The second kappa shape index (κ2) is 17.2. The van der Waals surface area contributed by atoms with Gasteiger partial charge in [0.2, 0.25) is 0 Å². The van der Waals surface area contributed by atoms with E-state index in [1.165, 1.54) is 12.1 Å². The number of rotatable bonds is 10. The van der Waals surface area contributed by atoms with E-state index in [9.17, 15) is 79.0 Å². The summed E-state index contributed by atoms with van der Waals surface area (Å²) in [5.74, 6) is -2.65. The second-order valence-corrected chi connectivity index (χ2v) is 60.0. The molecule has 0 nitrogen and oxygen atoms in total. The molecule has 0 saturated carbocycles. The molecule has 4 aromatic carbocycles. The van der Waals surface area contributed by atoms with Gasteiger partial charge in [0.1, 0.15) is 0 Å². The average molecular weight is 1120 g/mol. The van der Waals surface area contributed by atoms with E-state index in [1.807, 2.05) is 26.9 Å². The summed E-state index contributed by atoms with van der Waals surface area (Å²) in [5, 5.41) is 0. The topological polar surface area (TPSA) is 0 Å². The molecule has 2 aliphatic rings. The van der Waals surface area contributed by atoms with Crippen LogP contribution in [0.5, 0.6) is 0 Å². The van der Waals surface area contributed by atoms with E-state index in [1.54, 1.807) is 43.3 Å². The van der Waals surface area contributed by atoms with Gasteiger partial charge in [-0.3, -0.25) is 0 Å². The van der Waals surface area contributed by atoms with Gasteiger partial charge in [-0.05, 0) is 0 Å². The summed E-state index contributed by atoms with van der Waals surface area (Å²) >= 11 is -5.80. The maximum atomic E-state index is 14.0. The van der Waals surface area contributed by atoms with Crippen LogP contribution in [0.4, 0.5) is 79.0 Å². The number of benzene rings is 4. The quantitative estimate of drug-likeness (QED) is 0.110. The molecular formula is C46H39Cl2F18SiZr. The number of alkyl halides is 18. The van der Waals surface area contributed by atoms with Crippen LogP contribution in [0.3, 0.4) is 0 Å². The first-order valence-electron chi connectivity index (χ1n) is 20.8. The van der Waals surface area contributed by atoms with Crippen LogP contribution in [0.25, 0.3) is 34.4 Å². The first-order valence-corrected chi connectivity index (χ1v) is 37.1. The van der Waals surface area contributed by atoms with Gasteiger partial charge < -0.3 is 0 Å². The van der Waals surface area contributed by atoms with Crippen molar-refractivity contribution in [1.82, 2.24) is 0 Å². The van der Waals surface area contributed by atoms with Crippen molar-refractivity contribution in [3.05, 3.63) is 129 Å². The van der Waals surface area contributed by atoms with Gasteiger partial charge in [0.05, 0.1) is 0 Å². The standard InChI is InChI=1S/C23H18F9.C21H14F9.C2H7Si.2ClH.Zr/c1-3-13(2)16-11-15-5-4-6-18(19(15)12-16)14-7-9-17(10-8-14)20(21(24,25)26,22(27,28)29)23(30,31)32;1-2-12-10-14-4-3-5-16(17(14)11-12)13-6-8-15(9-7-13)18(19(22,23)24,20(25,26)27)21(28,29)30;1-3-2;;;/h4-13H,3H2,1-2H3;3-11H,2H2,1H3;3H,1-2H3;2*1H;/q;;;;;+2/p-2. The number of allylic oxidation sites excluding steroid dienone is 2. The molecule has 371 valence electrons. The van der Waals surface area contributed by atoms with Crippen LogP contribution in [0, 0.1) is 5.92 Å². The summed E-state index contributed by atoms with van der Waals surface area (Å²) in [6.45, 7) is 9.45. The van der Waals surface area contributed by atoms with Crippen LogP contribution in [0.2, 0.25) is 13.1 Å². The third kappa shape index (κ3) is 7.84. The maximum absolute atomic E-state index is 14.0. The van der Waals surface area contributed by atoms with Gasteiger partial charge >= 0.3 is 389 Å². The molecule has 4 aromatic rings. The molecule has 0 aromatic heterocycles. The van der Waals surface area contributed by atoms with Crippen LogP contribution >= 0.6 is 17.0 Å². The van der Waals surface area contributed by atoms with Crippen molar-refractivity contribution in [3.8, 4) is 22.3 Å². The van der Waals surface area contributed by atoms with Crippen LogP contribution < -0.4 is 0 Å². The molecule has 0 heterocycles. The van der Waals surface area contributed by atoms with Gasteiger partial charge in [-0.15, -0.1) is 0 Å². The summed E-state index contributed by atoms with van der Waals surface area (Å²) in [5.41, 5.74) is -12.8. The number of hydrogen-bond donors (Lipinski definition) is 0. The average Bonchev–Trinajstić information content (AvgIpc) is 3.79. The third-order valence-electron chi connectivity index (χ3n) is 13.9. The monoisotopic (exact) mass is 1120 g/mol. The van der Waals surface area contributed by atoms with E-state index in [4.69, 9.17) is 17.0 Å². The van der Waals surface area contributed by atoms with E-state index < -0.39 is 87.7 Å². The zero-order valence-electron chi connectivity index (χ0n) is 36.0.